The number of thioether (sulfide) groups is 1. The highest BCUT2D eigenvalue weighted by Crippen LogP contribution is 2.09. The van der Waals surface area contributed by atoms with E-state index in [1.165, 1.54) is 12.5 Å². The van der Waals surface area contributed by atoms with Crippen LogP contribution in [0.1, 0.15) is 31.5 Å². The van der Waals surface area contributed by atoms with Crippen LogP contribution in [0.3, 0.4) is 0 Å². The first kappa shape index (κ1) is 29.8. The van der Waals surface area contributed by atoms with Crippen molar-refractivity contribution in [2.45, 2.75) is 57.3 Å². The zero-order valence-electron chi connectivity index (χ0n) is 21.3. The summed E-state index contributed by atoms with van der Waals surface area (Å²) >= 11 is 1.57. The first-order valence-corrected chi connectivity index (χ1v) is 13.4. The van der Waals surface area contributed by atoms with Crippen molar-refractivity contribution in [3.05, 3.63) is 54.1 Å². The van der Waals surface area contributed by atoms with Crippen molar-refractivity contribution >= 4 is 35.5 Å². The number of nitrogens with one attached hydrogen (secondary N) is 4. The molecule has 0 bridgehead atoms. The number of carboxylic acid groups (broad SMARTS) is 1. The van der Waals surface area contributed by atoms with Crippen LogP contribution in [0.15, 0.2) is 42.9 Å². The standard InChI is InChI=1S/C25H36N6O5S/c1-15(2)21(24(34)30-20(25(35)36)12-17-13-27-14-28-17)31-23(33)19(11-16-7-5-4-6-8-16)29-22(32)18(26)9-10-37-3/h4-8,13-15,18-21H,9-12,26H2,1-3H3,(H,27,28)(H,29,32)(H,30,34)(H,31,33)(H,35,36). The van der Waals surface area contributed by atoms with E-state index in [1.54, 1.807) is 25.6 Å². The Balaban J connectivity index is 2.16. The Labute approximate surface area is 220 Å². The number of carbonyl (C=O) groups is 4. The molecule has 2 rings (SSSR count). The number of nitrogens with two attached hydrogens (primary N) is 1. The van der Waals surface area contributed by atoms with Gasteiger partial charge in [0, 0.05) is 24.7 Å². The maximum absolute atomic E-state index is 13.3. The van der Waals surface area contributed by atoms with E-state index in [4.69, 9.17) is 5.73 Å². The molecule has 0 saturated carbocycles. The van der Waals surface area contributed by atoms with E-state index in [9.17, 15) is 24.3 Å². The van der Waals surface area contributed by atoms with E-state index in [0.717, 1.165) is 5.56 Å². The van der Waals surface area contributed by atoms with Crippen molar-refractivity contribution in [2.24, 2.45) is 11.7 Å². The first-order chi connectivity index (χ1) is 17.6. The Morgan fingerprint density at radius 3 is 2.24 bits per heavy atom. The lowest BCUT2D eigenvalue weighted by Crippen LogP contribution is -2.59. The molecular formula is C25H36N6O5S. The second-order valence-corrected chi connectivity index (χ2v) is 10.0. The molecule has 0 radical (unpaired) electrons. The number of benzene rings is 1. The van der Waals surface area contributed by atoms with E-state index < -0.39 is 47.9 Å². The summed E-state index contributed by atoms with van der Waals surface area (Å²) in [4.78, 5) is 57.5. The number of amides is 3. The van der Waals surface area contributed by atoms with Crippen LogP contribution >= 0.6 is 11.8 Å². The number of imidazole rings is 1. The Morgan fingerprint density at radius 2 is 1.68 bits per heavy atom. The molecule has 0 aliphatic carbocycles. The molecule has 0 spiro atoms. The second-order valence-electron chi connectivity index (χ2n) is 9.05. The fourth-order valence-corrected chi connectivity index (χ4v) is 4.07. The molecule has 0 fully saturated rings. The number of aromatic amines is 1. The second kappa shape index (κ2) is 15.0. The van der Waals surface area contributed by atoms with Crippen LogP contribution in [0.2, 0.25) is 0 Å². The molecule has 202 valence electrons. The molecule has 0 aliphatic rings. The van der Waals surface area contributed by atoms with E-state index in [-0.39, 0.29) is 18.8 Å². The van der Waals surface area contributed by atoms with Gasteiger partial charge in [0.25, 0.3) is 0 Å². The van der Waals surface area contributed by atoms with Crippen molar-refractivity contribution < 1.29 is 24.3 Å². The normalized spacial score (nSPS) is 14.3. The lowest BCUT2D eigenvalue weighted by molar-refractivity contribution is -0.142. The largest absolute Gasteiger partial charge is 0.480 e. The lowest BCUT2D eigenvalue weighted by atomic mass is 10.00. The van der Waals surface area contributed by atoms with Crippen molar-refractivity contribution in [1.82, 2.24) is 25.9 Å². The van der Waals surface area contributed by atoms with Crippen LogP contribution in [0.5, 0.6) is 0 Å². The highest BCUT2D eigenvalue weighted by Gasteiger charge is 2.32. The Kier molecular flexibility index (Phi) is 12.1. The highest BCUT2D eigenvalue weighted by molar-refractivity contribution is 7.98. The zero-order valence-corrected chi connectivity index (χ0v) is 22.1. The van der Waals surface area contributed by atoms with Gasteiger partial charge in [-0.25, -0.2) is 9.78 Å². The van der Waals surface area contributed by atoms with Crippen molar-refractivity contribution in [1.29, 1.82) is 0 Å². The molecule has 0 aliphatic heterocycles. The summed E-state index contributed by atoms with van der Waals surface area (Å²) in [6.07, 6.45) is 5.46. The maximum Gasteiger partial charge on any atom is 0.326 e. The minimum Gasteiger partial charge on any atom is -0.480 e. The first-order valence-electron chi connectivity index (χ1n) is 12.0. The Hall–Kier alpha value is -3.38. The van der Waals surface area contributed by atoms with Gasteiger partial charge in [-0.3, -0.25) is 14.4 Å². The summed E-state index contributed by atoms with van der Waals surface area (Å²) in [6.45, 7) is 3.47. The van der Waals surface area contributed by atoms with Gasteiger partial charge in [0.05, 0.1) is 12.4 Å². The van der Waals surface area contributed by atoms with Gasteiger partial charge < -0.3 is 31.8 Å². The number of aliphatic carboxylic acids is 1. The van der Waals surface area contributed by atoms with E-state index in [0.29, 0.717) is 17.9 Å². The maximum atomic E-state index is 13.3. The fourth-order valence-electron chi connectivity index (χ4n) is 3.58. The number of aromatic nitrogens is 2. The minimum atomic E-state index is -1.22. The van der Waals surface area contributed by atoms with Gasteiger partial charge >= 0.3 is 5.97 Å². The third-order valence-corrected chi connectivity index (χ3v) is 6.37. The molecule has 1 aromatic carbocycles. The fraction of sp³-hybridized carbons (Fsp3) is 0.480. The minimum absolute atomic E-state index is 0.000455. The molecule has 4 atom stereocenters. The number of carboxylic acids is 1. The molecule has 1 heterocycles. The lowest BCUT2D eigenvalue weighted by Gasteiger charge is -2.27. The summed E-state index contributed by atoms with van der Waals surface area (Å²) in [7, 11) is 0. The van der Waals surface area contributed by atoms with E-state index >= 15 is 0 Å². The van der Waals surface area contributed by atoms with Crippen LogP contribution < -0.4 is 21.7 Å². The SMILES string of the molecule is CSCCC(N)C(=O)NC(Cc1ccccc1)C(=O)NC(C(=O)NC(Cc1cnc[nH]1)C(=O)O)C(C)C. The van der Waals surface area contributed by atoms with Crippen LogP contribution in [0.25, 0.3) is 0 Å². The summed E-state index contributed by atoms with van der Waals surface area (Å²) in [5.74, 6) is -2.54. The van der Waals surface area contributed by atoms with Crippen LogP contribution in [0, 0.1) is 5.92 Å². The van der Waals surface area contributed by atoms with Crippen molar-refractivity contribution in [2.75, 3.05) is 12.0 Å². The van der Waals surface area contributed by atoms with Crippen molar-refractivity contribution in [3.8, 4) is 0 Å². The molecule has 0 saturated heterocycles. The van der Waals surface area contributed by atoms with Crippen LogP contribution in [-0.2, 0) is 32.0 Å². The number of hydrogen-bond donors (Lipinski definition) is 6. The number of carbonyl (C=O) groups excluding carboxylic acids is 3. The van der Waals surface area contributed by atoms with Crippen LogP contribution in [0.4, 0.5) is 0 Å². The monoisotopic (exact) mass is 532 g/mol. The van der Waals surface area contributed by atoms with Crippen molar-refractivity contribution in [3.63, 3.8) is 0 Å². The summed E-state index contributed by atoms with van der Waals surface area (Å²) in [5, 5.41) is 17.5. The molecular weight excluding hydrogens is 496 g/mol. The molecule has 2 aromatic rings. The molecule has 11 nitrogen and oxygen atoms in total. The third-order valence-electron chi connectivity index (χ3n) is 5.73. The summed E-state index contributed by atoms with van der Waals surface area (Å²) in [6, 6.07) is 5.15. The van der Waals surface area contributed by atoms with Gasteiger partial charge in [-0.1, -0.05) is 44.2 Å². The van der Waals surface area contributed by atoms with Crippen LogP contribution in [-0.4, -0.2) is 74.9 Å². The van der Waals surface area contributed by atoms with Gasteiger partial charge in [0.15, 0.2) is 0 Å². The zero-order chi connectivity index (χ0) is 27.4. The quantitative estimate of drug-likeness (QED) is 0.191. The Morgan fingerprint density at radius 1 is 1.00 bits per heavy atom. The van der Waals surface area contributed by atoms with E-state index in [2.05, 4.69) is 25.9 Å². The predicted octanol–water partition coefficient (Wildman–Crippen LogP) is 0.470. The van der Waals surface area contributed by atoms with E-state index in [1.807, 2.05) is 36.6 Å². The van der Waals surface area contributed by atoms with Gasteiger partial charge in [0.1, 0.15) is 18.1 Å². The number of rotatable bonds is 15. The third kappa shape index (κ3) is 9.89. The topological polar surface area (TPSA) is 179 Å². The average molecular weight is 533 g/mol. The smallest absolute Gasteiger partial charge is 0.326 e. The van der Waals surface area contributed by atoms with Gasteiger partial charge in [-0.15, -0.1) is 0 Å². The Bertz CT molecular complexity index is 1020. The predicted molar refractivity (Wildman–Crippen MR) is 142 cm³/mol. The molecule has 3 amide bonds. The molecule has 4 unspecified atom stereocenters. The molecule has 7 N–H and O–H groups in total. The molecule has 37 heavy (non-hydrogen) atoms. The number of nitrogens with zero attached hydrogens (tertiary/aromatic N) is 1. The molecule has 12 heteroatoms. The highest BCUT2D eigenvalue weighted by atomic mass is 32.2. The number of H-pyrrole nitrogens is 1. The molecule has 1 aromatic heterocycles. The summed E-state index contributed by atoms with van der Waals surface area (Å²) < 4.78 is 0. The average Bonchev–Trinajstić information content (AvgIpc) is 3.38. The van der Waals surface area contributed by atoms with Gasteiger partial charge in [-0.05, 0) is 29.9 Å². The van der Waals surface area contributed by atoms with Gasteiger partial charge in [-0.2, -0.15) is 11.8 Å². The van der Waals surface area contributed by atoms with Gasteiger partial charge in [0.2, 0.25) is 17.7 Å². The number of hydrogen-bond acceptors (Lipinski definition) is 7. The summed E-state index contributed by atoms with van der Waals surface area (Å²) in [5.41, 5.74) is 7.36.